The first kappa shape index (κ1) is 15.6. The molecule has 0 amide bonds. The molecule has 0 unspecified atom stereocenters. The monoisotopic (exact) mass is 323 g/mol. The van der Waals surface area contributed by atoms with Gasteiger partial charge in [-0.3, -0.25) is 4.79 Å². The zero-order valence-corrected chi connectivity index (χ0v) is 13.4. The van der Waals surface area contributed by atoms with Gasteiger partial charge in [-0.2, -0.15) is 5.10 Å². The van der Waals surface area contributed by atoms with Gasteiger partial charge >= 0.3 is 0 Å². The van der Waals surface area contributed by atoms with Crippen molar-refractivity contribution in [1.82, 2.24) is 9.78 Å². The molecule has 3 aromatic rings. The summed E-state index contributed by atoms with van der Waals surface area (Å²) in [5.41, 5.74) is 7.76. The van der Waals surface area contributed by atoms with Crippen LogP contribution in [0.3, 0.4) is 0 Å². The molecule has 6 nitrogen and oxygen atoms in total. The highest BCUT2D eigenvalue weighted by Crippen LogP contribution is 2.22. The van der Waals surface area contributed by atoms with Gasteiger partial charge in [0.05, 0.1) is 31.7 Å². The van der Waals surface area contributed by atoms with Crippen molar-refractivity contribution >= 4 is 11.6 Å². The summed E-state index contributed by atoms with van der Waals surface area (Å²) in [6.45, 7) is 0. The van der Waals surface area contributed by atoms with Gasteiger partial charge in [0.15, 0.2) is 5.78 Å². The number of hydrogen-bond donors (Lipinski definition) is 1. The Labute approximate surface area is 139 Å². The van der Waals surface area contributed by atoms with Crippen LogP contribution in [-0.2, 0) is 0 Å². The van der Waals surface area contributed by atoms with Gasteiger partial charge in [0.25, 0.3) is 0 Å². The molecule has 0 radical (unpaired) electrons. The van der Waals surface area contributed by atoms with Crippen LogP contribution in [0.2, 0.25) is 0 Å². The zero-order valence-electron chi connectivity index (χ0n) is 13.4. The van der Waals surface area contributed by atoms with Crippen molar-refractivity contribution < 1.29 is 14.3 Å². The van der Waals surface area contributed by atoms with Crippen LogP contribution in [0.15, 0.2) is 54.7 Å². The molecule has 0 spiro atoms. The van der Waals surface area contributed by atoms with E-state index in [0.29, 0.717) is 22.7 Å². The fourth-order valence-electron chi connectivity index (χ4n) is 2.36. The number of carbonyl (C=O) groups excluding carboxylic acids is 1. The number of benzene rings is 2. The lowest BCUT2D eigenvalue weighted by Gasteiger charge is -2.06. The Morgan fingerprint density at radius 2 is 1.50 bits per heavy atom. The van der Waals surface area contributed by atoms with Crippen LogP contribution in [-0.4, -0.2) is 29.8 Å². The van der Waals surface area contributed by atoms with Crippen LogP contribution >= 0.6 is 0 Å². The molecule has 2 N–H and O–H groups in total. The average molecular weight is 323 g/mol. The van der Waals surface area contributed by atoms with Crippen LogP contribution in [0.5, 0.6) is 11.5 Å². The molecule has 24 heavy (non-hydrogen) atoms. The standard InChI is InChI=1S/C18H17N3O3/c1-23-14-7-3-12(4-8-14)17(22)16-11-20-21(18(16)19)13-5-9-15(24-2)10-6-13/h3-11H,19H2,1-2H3. The smallest absolute Gasteiger partial charge is 0.198 e. The van der Waals surface area contributed by atoms with Crippen LogP contribution in [0.4, 0.5) is 5.82 Å². The Morgan fingerprint density at radius 1 is 0.958 bits per heavy atom. The third kappa shape index (κ3) is 2.81. The summed E-state index contributed by atoms with van der Waals surface area (Å²) in [6, 6.07) is 14.1. The number of aromatic nitrogens is 2. The topological polar surface area (TPSA) is 79.4 Å². The largest absolute Gasteiger partial charge is 0.497 e. The summed E-state index contributed by atoms with van der Waals surface area (Å²) >= 11 is 0. The van der Waals surface area contributed by atoms with E-state index in [1.165, 1.54) is 10.9 Å². The highest BCUT2D eigenvalue weighted by atomic mass is 16.5. The Bertz CT molecular complexity index is 852. The third-order valence-corrected chi connectivity index (χ3v) is 3.72. The van der Waals surface area contributed by atoms with E-state index in [0.717, 1.165) is 11.4 Å². The van der Waals surface area contributed by atoms with Crippen molar-refractivity contribution in [2.45, 2.75) is 0 Å². The predicted molar refractivity (Wildman–Crippen MR) is 91.0 cm³/mol. The number of nitrogens with zero attached hydrogens (tertiary/aromatic N) is 2. The minimum absolute atomic E-state index is 0.185. The molecular formula is C18H17N3O3. The van der Waals surface area contributed by atoms with E-state index in [9.17, 15) is 4.79 Å². The maximum absolute atomic E-state index is 12.6. The molecule has 0 aliphatic heterocycles. The van der Waals surface area contributed by atoms with Crippen molar-refractivity contribution in [1.29, 1.82) is 0 Å². The number of nitrogen functional groups attached to an aromatic ring is 1. The van der Waals surface area contributed by atoms with Crippen LogP contribution in [0.25, 0.3) is 5.69 Å². The second kappa shape index (κ2) is 6.45. The number of rotatable bonds is 5. The molecule has 6 heteroatoms. The minimum Gasteiger partial charge on any atom is -0.497 e. The fourth-order valence-corrected chi connectivity index (χ4v) is 2.36. The minimum atomic E-state index is -0.185. The Hall–Kier alpha value is -3.28. The summed E-state index contributed by atoms with van der Waals surface area (Å²) in [6.07, 6.45) is 1.48. The highest BCUT2D eigenvalue weighted by Gasteiger charge is 2.17. The Morgan fingerprint density at radius 3 is 2.04 bits per heavy atom. The number of ketones is 1. The maximum atomic E-state index is 12.6. The molecule has 3 rings (SSSR count). The third-order valence-electron chi connectivity index (χ3n) is 3.72. The van der Waals surface area contributed by atoms with Gasteiger partial charge in [0.1, 0.15) is 17.3 Å². The van der Waals surface area contributed by atoms with Crippen molar-refractivity contribution in [2.75, 3.05) is 20.0 Å². The van der Waals surface area contributed by atoms with E-state index in [1.807, 2.05) is 12.1 Å². The summed E-state index contributed by atoms with van der Waals surface area (Å²) in [5.74, 6) is 1.53. The van der Waals surface area contributed by atoms with Gasteiger partial charge in [0, 0.05) is 5.56 Å². The maximum Gasteiger partial charge on any atom is 0.198 e. The molecule has 0 aliphatic rings. The van der Waals surface area contributed by atoms with Gasteiger partial charge in [0.2, 0.25) is 0 Å². The van der Waals surface area contributed by atoms with E-state index >= 15 is 0 Å². The number of ether oxygens (including phenoxy) is 2. The number of nitrogens with two attached hydrogens (primary N) is 1. The average Bonchev–Trinajstić information content (AvgIpc) is 3.02. The van der Waals surface area contributed by atoms with Crippen molar-refractivity contribution in [3.05, 3.63) is 65.9 Å². The van der Waals surface area contributed by atoms with Gasteiger partial charge in [-0.15, -0.1) is 0 Å². The molecule has 1 heterocycles. The van der Waals surface area contributed by atoms with E-state index in [4.69, 9.17) is 15.2 Å². The normalized spacial score (nSPS) is 10.4. The number of methoxy groups -OCH3 is 2. The van der Waals surface area contributed by atoms with Gasteiger partial charge in [-0.05, 0) is 48.5 Å². The quantitative estimate of drug-likeness (QED) is 0.730. The molecule has 1 aromatic heterocycles. The fraction of sp³-hybridized carbons (Fsp3) is 0.111. The highest BCUT2D eigenvalue weighted by molar-refractivity contribution is 6.11. The molecule has 0 aliphatic carbocycles. The van der Waals surface area contributed by atoms with Crippen molar-refractivity contribution in [3.63, 3.8) is 0 Å². The lowest BCUT2D eigenvalue weighted by molar-refractivity contribution is 0.103. The second-order valence-electron chi connectivity index (χ2n) is 5.11. The lowest BCUT2D eigenvalue weighted by Crippen LogP contribution is -2.07. The van der Waals surface area contributed by atoms with Gasteiger partial charge in [-0.1, -0.05) is 0 Å². The molecule has 0 atom stereocenters. The Kier molecular flexibility index (Phi) is 4.20. The molecule has 0 saturated carbocycles. The molecular weight excluding hydrogens is 306 g/mol. The number of hydrogen-bond acceptors (Lipinski definition) is 5. The van der Waals surface area contributed by atoms with Gasteiger partial charge in [-0.25, -0.2) is 4.68 Å². The van der Waals surface area contributed by atoms with Crippen LogP contribution in [0, 0.1) is 0 Å². The van der Waals surface area contributed by atoms with Crippen LogP contribution < -0.4 is 15.2 Å². The van der Waals surface area contributed by atoms with Crippen LogP contribution in [0.1, 0.15) is 15.9 Å². The summed E-state index contributed by atoms with van der Waals surface area (Å²) < 4.78 is 11.8. The molecule has 0 bridgehead atoms. The summed E-state index contributed by atoms with van der Waals surface area (Å²) in [7, 11) is 3.18. The molecule has 0 fully saturated rings. The van der Waals surface area contributed by atoms with Crippen molar-refractivity contribution in [3.8, 4) is 17.2 Å². The first-order valence-electron chi connectivity index (χ1n) is 7.30. The van der Waals surface area contributed by atoms with Crippen molar-refractivity contribution in [2.24, 2.45) is 0 Å². The zero-order chi connectivity index (χ0) is 17.1. The molecule has 2 aromatic carbocycles. The molecule has 0 saturated heterocycles. The first-order chi connectivity index (χ1) is 11.6. The van der Waals surface area contributed by atoms with E-state index in [1.54, 1.807) is 50.6 Å². The van der Waals surface area contributed by atoms with E-state index in [2.05, 4.69) is 5.10 Å². The SMILES string of the molecule is COc1ccc(C(=O)c2cnn(-c3ccc(OC)cc3)c2N)cc1. The number of carbonyl (C=O) groups is 1. The Balaban J connectivity index is 1.91. The second-order valence-corrected chi connectivity index (χ2v) is 5.11. The van der Waals surface area contributed by atoms with E-state index in [-0.39, 0.29) is 5.78 Å². The van der Waals surface area contributed by atoms with Gasteiger partial charge < -0.3 is 15.2 Å². The lowest BCUT2D eigenvalue weighted by atomic mass is 10.1. The van der Waals surface area contributed by atoms with E-state index < -0.39 is 0 Å². The predicted octanol–water partition coefficient (Wildman–Crippen LogP) is 2.70. The first-order valence-corrected chi connectivity index (χ1v) is 7.30. The summed E-state index contributed by atoms with van der Waals surface area (Å²) in [4.78, 5) is 12.6. The number of anilines is 1. The summed E-state index contributed by atoms with van der Waals surface area (Å²) in [5, 5.41) is 4.23. The molecule has 122 valence electrons.